The van der Waals surface area contributed by atoms with Crippen molar-refractivity contribution in [3.05, 3.63) is 40.0 Å². The molecule has 178 valence electrons. The molecule has 0 bridgehead atoms. The summed E-state index contributed by atoms with van der Waals surface area (Å²) in [5.74, 6) is 0.416. The summed E-state index contributed by atoms with van der Waals surface area (Å²) in [4.78, 5) is 27.6. The Bertz CT molecular complexity index is 850. The number of aryl methyl sites for hydroxylation is 1. The van der Waals surface area contributed by atoms with Crippen molar-refractivity contribution in [1.29, 1.82) is 0 Å². The Hall–Kier alpha value is -2.45. The number of nitrogens with zero attached hydrogens (tertiary/aromatic N) is 3. The molecule has 1 aliphatic heterocycles. The van der Waals surface area contributed by atoms with E-state index in [0.717, 1.165) is 25.2 Å². The minimum Gasteiger partial charge on any atom is -0.492 e. The number of piperazine rings is 1. The van der Waals surface area contributed by atoms with Gasteiger partial charge in [0.1, 0.15) is 18.0 Å². The summed E-state index contributed by atoms with van der Waals surface area (Å²) in [6, 6.07) is 3.66. The van der Waals surface area contributed by atoms with Gasteiger partial charge in [0.25, 0.3) is 5.69 Å². The first-order valence-corrected chi connectivity index (χ1v) is 11.1. The van der Waals surface area contributed by atoms with Crippen molar-refractivity contribution in [2.45, 2.75) is 66.2 Å². The Kier molecular flexibility index (Phi) is 8.42. The zero-order valence-corrected chi connectivity index (χ0v) is 20.4. The van der Waals surface area contributed by atoms with E-state index < -0.39 is 5.60 Å². The lowest BCUT2D eigenvalue weighted by molar-refractivity contribution is -0.385. The molecule has 0 spiro atoms. The van der Waals surface area contributed by atoms with Crippen LogP contribution >= 0.6 is 0 Å². The summed E-state index contributed by atoms with van der Waals surface area (Å²) in [6.07, 6.45) is 0. The fourth-order valence-electron chi connectivity index (χ4n) is 4.09. The maximum Gasteiger partial charge on any atom is 0.320 e. The van der Waals surface area contributed by atoms with Crippen LogP contribution in [0.5, 0.6) is 5.75 Å². The van der Waals surface area contributed by atoms with Crippen LogP contribution < -0.4 is 4.74 Å². The maximum atomic E-state index is 12.3. The van der Waals surface area contributed by atoms with Crippen LogP contribution in [0.2, 0.25) is 0 Å². The van der Waals surface area contributed by atoms with Gasteiger partial charge in [-0.25, -0.2) is 0 Å². The van der Waals surface area contributed by atoms with E-state index in [0.29, 0.717) is 23.5 Å². The highest BCUT2D eigenvalue weighted by atomic mass is 16.6. The third-order valence-corrected chi connectivity index (χ3v) is 5.53. The number of allylic oxidation sites excluding steroid dienone is 1. The maximum absolute atomic E-state index is 12.3. The molecule has 0 unspecified atom stereocenters. The molecule has 8 nitrogen and oxygen atoms in total. The molecule has 8 heteroatoms. The fourth-order valence-corrected chi connectivity index (χ4v) is 4.09. The van der Waals surface area contributed by atoms with E-state index >= 15 is 0 Å². The van der Waals surface area contributed by atoms with Gasteiger partial charge in [0.15, 0.2) is 0 Å². The highest BCUT2D eigenvalue weighted by Gasteiger charge is 2.32. The van der Waals surface area contributed by atoms with E-state index in [-0.39, 0.29) is 35.2 Å². The molecule has 1 heterocycles. The first-order chi connectivity index (χ1) is 14.8. The number of rotatable bonds is 8. The van der Waals surface area contributed by atoms with Gasteiger partial charge in [-0.3, -0.25) is 24.7 Å². The van der Waals surface area contributed by atoms with Gasteiger partial charge in [-0.1, -0.05) is 6.58 Å². The van der Waals surface area contributed by atoms with E-state index in [1.165, 1.54) is 6.07 Å². The van der Waals surface area contributed by atoms with E-state index in [1.807, 2.05) is 27.7 Å². The molecule has 1 saturated heterocycles. The molecule has 32 heavy (non-hydrogen) atoms. The smallest absolute Gasteiger partial charge is 0.320 e. The van der Waals surface area contributed by atoms with Crippen molar-refractivity contribution >= 4 is 17.2 Å². The van der Waals surface area contributed by atoms with Crippen LogP contribution in [0.3, 0.4) is 0 Å². The topological polar surface area (TPSA) is 85.2 Å². The van der Waals surface area contributed by atoms with Gasteiger partial charge in [-0.15, -0.1) is 0 Å². The summed E-state index contributed by atoms with van der Waals surface area (Å²) in [5.41, 5.74) is 1.53. The molecule has 2 atom stereocenters. The number of esters is 1. The van der Waals surface area contributed by atoms with Crippen LogP contribution in [-0.2, 0) is 9.53 Å². The molecule has 2 rings (SSSR count). The molecule has 0 saturated carbocycles. The Balaban J connectivity index is 1.95. The Morgan fingerprint density at radius 3 is 2.34 bits per heavy atom. The summed E-state index contributed by atoms with van der Waals surface area (Å²) in [5, 5.41) is 11.2. The minimum atomic E-state index is -0.485. The van der Waals surface area contributed by atoms with Crippen LogP contribution in [0.1, 0.15) is 52.7 Å². The summed E-state index contributed by atoms with van der Waals surface area (Å²) >= 11 is 0. The molecular weight excluding hydrogens is 410 g/mol. The van der Waals surface area contributed by atoms with Crippen molar-refractivity contribution in [3.63, 3.8) is 0 Å². The average Bonchev–Trinajstić information content (AvgIpc) is 2.62. The number of benzene rings is 1. The van der Waals surface area contributed by atoms with Crippen molar-refractivity contribution in [3.8, 4) is 5.75 Å². The fraction of sp³-hybridized carbons (Fsp3) is 0.625. The molecule has 0 aromatic heterocycles. The number of nitro groups is 1. The zero-order valence-electron chi connectivity index (χ0n) is 20.4. The number of nitro benzene ring substituents is 1. The van der Waals surface area contributed by atoms with Crippen LogP contribution in [0.25, 0.3) is 5.57 Å². The number of hydrogen-bond acceptors (Lipinski definition) is 7. The van der Waals surface area contributed by atoms with Gasteiger partial charge in [0.2, 0.25) is 0 Å². The molecule has 0 amide bonds. The lowest BCUT2D eigenvalue weighted by atomic mass is 10.0. The molecule has 1 aromatic rings. The second-order valence-electron chi connectivity index (χ2n) is 9.74. The van der Waals surface area contributed by atoms with E-state index in [9.17, 15) is 14.9 Å². The van der Waals surface area contributed by atoms with Gasteiger partial charge < -0.3 is 9.47 Å². The first-order valence-electron chi connectivity index (χ1n) is 11.1. The van der Waals surface area contributed by atoms with Crippen LogP contribution in [0, 0.1) is 17.0 Å². The van der Waals surface area contributed by atoms with Crippen LogP contribution in [-0.4, -0.2) is 71.2 Å². The SMILES string of the molecule is C=C(C)c1cc([N+](=O)[O-])c(C)cc1OCCN1C[C@@H](C)N(CC(=O)OC(C)(C)C)[C@@H](C)C1. The quantitative estimate of drug-likeness (QED) is 0.338. The Morgan fingerprint density at radius 1 is 1.25 bits per heavy atom. The molecule has 0 radical (unpaired) electrons. The Labute approximate surface area is 191 Å². The molecule has 0 N–H and O–H groups in total. The second-order valence-corrected chi connectivity index (χ2v) is 9.74. The second kappa shape index (κ2) is 10.4. The third-order valence-electron chi connectivity index (χ3n) is 5.53. The normalized spacial score (nSPS) is 20.1. The number of ether oxygens (including phenoxy) is 2. The largest absolute Gasteiger partial charge is 0.492 e. The molecule has 1 aromatic carbocycles. The average molecular weight is 448 g/mol. The Morgan fingerprint density at radius 2 is 1.84 bits per heavy atom. The van der Waals surface area contributed by atoms with Crippen molar-refractivity contribution in [1.82, 2.24) is 9.80 Å². The van der Waals surface area contributed by atoms with Gasteiger partial charge in [0.05, 0.1) is 11.5 Å². The number of hydrogen-bond donors (Lipinski definition) is 0. The molecule has 0 aliphatic carbocycles. The summed E-state index contributed by atoms with van der Waals surface area (Å²) in [7, 11) is 0. The predicted molar refractivity (Wildman–Crippen MR) is 126 cm³/mol. The monoisotopic (exact) mass is 447 g/mol. The van der Waals surface area contributed by atoms with E-state index in [4.69, 9.17) is 9.47 Å². The van der Waals surface area contributed by atoms with Crippen molar-refractivity contribution < 1.29 is 19.2 Å². The number of carbonyl (C=O) groups excluding carboxylic acids is 1. The summed E-state index contributed by atoms with van der Waals surface area (Å²) < 4.78 is 11.5. The third kappa shape index (κ3) is 7.03. The lowest BCUT2D eigenvalue weighted by Gasteiger charge is -2.44. The van der Waals surface area contributed by atoms with Crippen LogP contribution in [0.4, 0.5) is 5.69 Å². The van der Waals surface area contributed by atoms with E-state index in [2.05, 4.69) is 30.2 Å². The van der Waals surface area contributed by atoms with Crippen molar-refractivity contribution in [2.24, 2.45) is 0 Å². The summed E-state index contributed by atoms with van der Waals surface area (Å²) in [6.45, 7) is 20.4. The predicted octanol–water partition coefficient (Wildman–Crippen LogP) is 4.05. The van der Waals surface area contributed by atoms with Gasteiger partial charge in [0, 0.05) is 48.9 Å². The highest BCUT2D eigenvalue weighted by Crippen LogP contribution is 2.32. The lowest BCUT2D eigenvalue weighted by Crippen LogP contribution is -2.58. The number of carbonyl (C=O) groups is 1. The molecular formula is C24H37N3O5. The van der Waals surface area contributed by atoms with Gasteiger partial charge >= 0.3 is 5.97 Å². The molecule has 1 fully saturated rings. The molecule has 1 aliphatic rings. The van der Waals surface area contributed by atoms with Gasteiger partial charge in [-0.2, -0.15) is 0 Å². The minimum absolute atomic E-state index is 0.0686. The first kappa shape index (κ1) is 25.8. The zero-order chi connectivity index (χ0) is 24.2. The van der Waals surface area contributed by atoms with Crippen LogP contribution in [0.15, 0.2) is 18.7 Å². The highest BCUT2D eigenvalue weighted by molar-refractivity contribution is 5.72. The van der Waals surface area contributed by atoms with E-state index in [1.54, 1.807) is 13.0 Å². The van der Waals surface area contributed by atoms with Gasteiger partial charge in [-0.05, 0) is 60.1 Å². The standard InChI is InChI=1S/C24H37N3O5/c1-16(2)20-12-21(27(29)30)17(3)11-22(20)31-10-9-25-13-18(4)26(19(5)14-25)15-23(28)32-24(6,7)8/h11-12,18-19H,1,9-10,13-15H2,2-8H3/t18-,19+. The van der Waals surface area contributed by atoms with Crippen molar-refractivity contribution in [2.75, 3.05) is 32.8 Å².